The number of benzene rings is 1. The molecule has 3 rings (SSSR count). The molecule has 3 aromatic rings. The summed E-state index contributed by atoms with van der Waals surface area (Å²) in [5.41, 5.74) is 0.996. The fraction of sp³-hybridized carbons (Fsp3) is 0.250. The first-order valence-electron chi connectivity index (χ1n) is 7.77. The largest absolute Gasteiger partial charge is 0.383 e. The van der Waals surface area contributed by atoms with Gasteiger partial charge in [-0.25, -0.2) is 18.1 Å². The minimum absolute atomic E-state index is 0.0313. The molecule has 0 fully saturated rings. The van der Waals surface area contributed by atoms with Crippen LogP contribution >= 0.6 is 11.3 Å². The molecule has 0 bridgehead atoms. The van der Waals surface area contributed by atoms with Crippen LogP contribution in [0.15, 0.2) is 46.9 Å². The van der Waals surface area contributed by atoms with Crippen LogP contribution < -0.4 is 10.0 Å². The number of nitrogens with one attached hydrogen (secondary N) is 2. The number of sulfonamides is 1. The second-order valence-electron chi connectivity index (χ2n) is 5.43. The monoisotopic (exact) mass is 394 g/mol. The number of ether oxygens (including phenoxy) is 1. The highest BCUT2D eigenvalue weighted by Crippen LogP contribution is 2.13. The second kappa shape index (κ2) is 7.96. The Morgan fingerprint density at radius 2 is 2.23 bits per heavy atom. The van der Waals surface area contributed by atoms with Crippen molar-refractivity contribution in [1.29, 1.82) is 0 Å². The van der Waals surface area contributed by atoms with E-state index in [2.05, 4.69) is 15.0 Å². The number of amides is 1. The topological polar surface area (TPSA) is 102 Å². The lowest BCUT2D eigenvalue weighted by atomic mass is 10.2. The van der Waals surface area contributed by atoms with Crippen LogP contribution in [0.2, 0.25) is 0 Å². The Morgan fingerprint density at radius 1 is 1.38 bits per heavy atom. The molecule has 8 nitrogen and oxygen atoms in total. The molecule has 2 N–H and O–H groups in total. The van der Waals surface area contributed by atoms with Crippen LogP contribution in [0.1, 0.15) is 16.1 Å². The molecule has 0 saturated carbocycles. The quantitative estimate of drug-likeness (QED) is 0.560. The van der Waals surface area contributed by atoms with Gasteiger partial charge in [0.1, 0.15) is 0 Å². The lowest BCUT2D eigenvalue weighted by Gasteiger charge is -2.08. The zero-order valence-electron chi connectivity index (χ0n) is 14.0. The SMILES string of the molecule is COCCNS(=O)(=O)c1cccc(C(=O)NCc2cn3ccsc3n2)c1. The maximum atomic E-state index is 12.3. The summed E-state index contributed by atoms with van der Waals surface area (Å²) in [6.07, 6.45) is 3.73. The maximum absolute atomic E-state index is 12.3. The van der Waals surface area contributed by atoms with Crippen LogP contribution in [0.5, 0.6) is 0 Å². The molecule has 0 aliphatic carbocycles. The first-order valence-corrected chi connectivity index (χ1v) is 10.1. The van der Waals surface area contributed by atoms with Crippen LogP contribution in [0.4, 0.5) is 0 Å². The molecule has 10 heteroatoms. The second-order valence-corrected chi connectivity index (χ2v) is 8.07. The van der Waals surface area contributed by atoms with Gasteiger partial charge in [-0.15, -0.1) is 11.3 Å². The van der Waals surface area contributed by atoms with Gasteiger partial charge in [0.2, 0.25) is 10.0 Å². The van der Waals surface area contributed by atoms with Crippen molar-refractivity contribution in [2.45, 2.75) is 11.4 Å². The van der Waals surface area contributed by atoms with Gasteiger partial charge in [0, 0.05) is 37.0 Å². The number of rotatable bonds is 8. The van der Waals surface area contributed by atoms with E-state index < -0.39 is 10.0 Å². The Bertz CT molecular complexity index is 982. The lowest BCUT2D eigenvalue weighted by molar-refractivity contribution is 0.0950. The fourth-order valence-corrected chi connectivity index (χ4v) is 4.08. The average Bonchev–Trinajstić information content (AvgIpc) is 3.21. The Morgan fingerprint density at radius 3 is 3.00 bits per heavy atom. The van der Waals surface area contributed by atoms with Gasteiger partial charge in [-0.1, -0.05) is 6.07 Å². The minimum Gasteiger partial charge on any atom is -0.383 e. The number of imidazole rings is 1. The van der Waals surface area contributed by atoms with Crippen LogP contribution in [-0.4, -0.2) is 44.0 Å². The van der Waals surface area contributed by atoms with Gasteiger partial charge >= 0.3 is 0 Å². The molecule has 0 aliphatic heterocycles. The van der Waals surface area contributed by atoms with Crippen LogP contribution in [0.25, 0.3) is 4.96 Å². The van der Waals surface area contributed by atoms with E-state index in [4.69, 9.17) is 4.74 Å². The average molecular weight is 394 g/mol. The smallest absolute Gasteiger partial charge is 0.251 e. The van der Waals surface area contributed by atoms with Crippen molar-refractivity contribution in [3.8, 4) is 0 Å². The maximum Gasteiger partial charge on any atom is 0.251 e. The Labute approximate surface area is 154 Å². The van der Waals surface area contributed by atoms with Crippen molar-refractivity contribution in [3.05, 3.63) is 53.3 Å². The number of thiazole rings is 1. The third kappa shape index (κ3) is 4.28. The number of nitrogens with zero attached hydrogens (tertiary/aromatic N) is 2. The predicted molar refractivity (Wildman–Crippen MR) is 97.7 cm³/mol. The number of aromatic nitrogens is 2. The van der Waals surface area contributed by atoms with Gasteiger partial charge in [0.15, 0.2) is 4.96 Å². The van der Waals surface area contributed by atoms with Gasteiger partial charge in [-0.05, 0) is 18.2 Å². The summed E-state index contributed by atoms with van der Waals surface area (Å²) in [5, 5.41) is 4.68. The molecule has 0 radical (unpaired) electrons. The number of carbonyl (C=O) groups is 1. The fourth-order valence-electron chi connectivity index (χ4n) is 2.30. The third-order valence-electron chi connectivity index (χ3n) is 3.58. The number of carbonyl (C=O) groups excluding carboxylic acids is 1. The normalized spacial score (nSPS) is 11.7. The highest BCUT2D eigenvalue weighted by molar-refractivity contribution is 7.89. The van der Waals surface area contributed by atoms with Gasteiger partial charge in [-0.2, -0.15) is 0 Å². The Kier molecular flexibility index (Phi) is 5.67. The zero-order valence-corrected chi connectivity index (χ0v) is 15.6. The lowest BCUT2D eigenvalue weighted by Crippen LogP contribution is -2.28. The highest BCUT2D eigenvalue weighted by atomic mass is 32.2. The van der Waals surface area contributed by atoms with Crippen molar-refractivity contribution in [2.24, 2.45) is 0 Å². The van der Waals surface area contributed by atoms with Gasteiger partial charge in [0.25, 0.3) is 5.91 Å². The van der Waals surface area contributed by atoms with E-state index in [1.54, 1.807) is 6.07 Å². The van der Waals surface area contributed by atoms with E-state index in [-0.39, 0.29) is 36.1 Å². The van der Waals surface area contributed by atoms with Crippen molar-refractivity contribution in [1.82, 2.24) is 19.4 Å². The molecule has 138 valence electrons. The zero-order chi connectivity index (χ0) is 18.6. The van der Waals surface area contributed by atoms with Crippen molar-refractivity contribution in [3.63, 3.8) is 0 Å². The van der Waals surface area contributed by atoms with E-state index in [1.807, 2.05) is 22.2 Å². The highest BCUT2D eigenvalue weighted by Gasteiger charge is 2.16. The van der Waals surface area contributed by atoms with E-state index in [0.717, 1.165) is 10.7 Å². The molecule has 2 aromatic heterocycles. The molecular weight excluding hydrogens is 376 g/mol. The first-order chi connectivity index (χ1) is 12.5. The number of hydrogen-bond acceptors (Lipinski definition) is 6. The molecule has 0 atom stereocenters. The molecule has 1 aromatic carbocycles. The van der Waals surface area contributed by atoms with E-state index in [1.165, 1.54) is 36.6 Å². The number of fused-ring (bicyclic) bond motifs is 1. The van der Waals surface area contributed by atoms with Crippen molar-refractivity contribution < 1.29 is 17.9 Å². The van der Waals surface area contributed by atoms with E-state index in [9.17, 15) is 13.2 Å². The molecule has 0 unspecified atom stereocenters. The summed E-state index contributed by atoms with van der Waals surface area (Å²) in [5.74, 6) is -0.365. The predicted octanol–water partition coefficient (Wildman–Crippen LogP) is 1.25. The van der Waals surface area contributed by atoms with Crippen molar-refractivity contribution in [2.75, 3.05) is 20.3 Å². The van der Waals surface area contributed by atoms with Gasteiger partial charge < -0.3 is 10.1 Å². The summed E-state index contributed by atoms with van der Waals surface area (Å²) < 4.78 is 33.6. The Hall–Kier alpha value is -2.27. The van der Waals surface area contributed by atoms with E-state index >= 15 is 0 Å². The third-order valence-corrected chi connectivity index (χ3v) is 5.81. The van der Waals surface area contributed by atoms with Crippen LogP contribution in [0, 0.1) is 0 Å². The number of hydrogen-bond donors (Lipinski definition) is 2. The summed E-state index contributed by atoms with van der Waals surface area (Å²) in [6, 6.07) is 5.88. The first kappa shape index (κ1) is 18.5. The molecule has 2 heterocycles. The van der Waals surface area contributed by atoms with Crippen LogP contribution in [-0.2, 0) is 21.3 Å². The molecule has 0 saturated heterocycles. The van der Waals surface area contributed by atoms with Gasteiger partial charge in [0.05, 0.1) is 23.7 Å². The summed E-state index contributed by atoms with van der Waals surface area (Å²) >= 11 is 1.51. The summed E-state index contributed by atoms with van der Waals surface area (Å²) in [6.45, 7) is 0.685. The van der Waals surface area contributed by atoms with E-state index in [0.29, 0.717) is 0 Å². The molecular formula is C16H18N4O4S2. The minimum atomic E-state index is -3.69. The van der Waals surface area contributed by atoms with Crippen LogP contribution in [0.3, 0.4) is 0 Å². The summed E-state index contributed by atoms with van der Waals surface area (Å²) in [7, 11) is -2.20. The van der Waals surface area contributed by atoms with Gasteiger partial charge in [-0.3, -0.25) is 9.20 Å². The molecule has 1 amide bonds. The number of methoxy groups -OCH3 is 1. The van der Waals surface area contributed by atoms with Crippen molar-refractivity contribution >= 4 is 32.2 Å². The standard InChI is InChI=1S/C16H18N4O4S2/c1-24-7-5-18-26(22,23)14-4-2-3-12(9-14)15(21)17-10-13-11-20-6-8-25-16(20)19-13/h2-4,6,8-9,11,18H,5,7,10H2,1H3,(H,17,21). The Balaban J connectivity index is 1.66. The molecule has 26 heavy (non-hydrogen) atoms. The summed E-state index contributed by atoms with van der Waals surface area (Å²) in [4.78, 5) is 17.6. The molecule has 0 aliphatic rings. The molecule has 0 spiro atoms.